The van der Waals surface area contributed by atoms with Gasteiger partial charge in [0, 0.05) is 12.6 Å². The Bertz CT molecular complexity index is 590. The molecule has 0 spiro atoms. The lowest BCUT2D eigenvalue weighted by Crippen LogP contribution is -2.12. The molecule has 0 aliphatic rings. The van der Waals surface area contributed by atoms with Crippen molar-refractivity contribution in [2.24, 2.45) is 0 Å². The van der Waals surface area contributed by atoms with Gasteiger partial charge in [0.2, 0.25) is 0 Å². The van der Waals surface area contributed by atoms with E-state index in [9.17, 15) is 8.78 Å². The lowest BCUT2D eigenvalue weighted by atomic mass is 10.2. The van der Waals surface area contributed by atoms with E-state index in [1.54, 1.807) is 11.7 Å². The summed E-state index contributed by atoms with van der Waals surface area (Å²) in [5, 5.41) is 6.88. The number of halogens is 2. The van der Waals surface area contributed by atoms with Gasteiger partial charge in [-0.3, -0.25) is 0 Å². The van der Waals surface area contributed by atoms with E-state index in [2.05, 4.69) is 15.4 Å². The van der Waals surface area contributed by atoms with Crippen LogP contribution in [0.3, 0.4) is 0 Å². The fraction of sp³-hybridized carbons (Fsp3) is 0.429. The Morgan fingerprint density at radius 1 is 1.29 bits per heavy atom. The zero-order valence-electron chi connectivity index (χ0n) is 12.2. The highest BCUT2D eigenvalue weighted by atomic mass is 19.1. The van der Waals surface area contributed by atoms with Crippen LogP contribution in [0, 0.1) is 11.6 Å². The third-order valence-electron chi connectivity index (χ3n) is 2.92. The van der Waals surface area contributed by atoms with Gasteiger partial charge in [0.25, 0.3) is 0 Å². The molecule has 1 N–H and O–H groups in total. The average molecular weight is 296 g/mol. The van der Waals surface area contributed by atoms with E-state index in [1.807, 2.05) is 13.8 Å². The summed E-state index contributed by atoms with van der Waals surface area (Å²) in [5.74, 6) is -1.33. The van der Waals surface area contributed by atoms with Gasteiger partial charge < -0.3 is 10.1 Å². The molecule has 7 heteroatoms. The van der Waals surface area contributed by atoms with Crippen molar-refractivity contribution in [3.8, 4) is 5.75 Å². The molecule has 21 heavy (non-hydrogen) atoms. The van der Waals surface area contributed by atoms with Crippen molar-refractivity contribution >= 4 is 0 Å². The van der Waals surface area contributed by atoms with Gasteiger partial charge in [-0.25, -0.2) is 18.4 Å². The second-order valence-corrected chi connectivity index (χ2v) is 4.92. The fourth-order valence-corrected chi connectivity index (χ4v) is 2.00. The van der Waals surface area contributed by atoms with Crippen molar-refractivity contribution in [1.29, 1.82) is 0 Å². The Balaban J connectivity index is 2.15. The molecule has 0 amide bonds. The third-order valence-corrected chi connectivity index (χ3v) is 2.92. The van der Waals surface area contributed by atoms with E-state index in [4.69, 9.17) is 4.74 Å². The highest BCUT2D eigenvalue weighted by Crippen LogP contribution is 2.24. The molecule has 0 bridgehead atoms. The van der Waals surface area contributed by atoms with Crippen LogP contribution in [0.4, 0.5) is 8.78 Å². The number of aromatic nitrogens is 3. The summed E-state index contributed by atoms with van der Waals surface area (Å²) in [7, 11) is 1.71. The Hall–Kier alpha value is -2.02. The van der Waals surface area contributed by atoms with Crippen LogP contribution >= 0.6 is 0 Å². The van der Waals surface area contributed by atoms with Crippen LogP contribution in [0.25, 0.3) is 0 Å². The molecule has 0 saturated carbocycles. The molecule has 1 heterocycles. The van der Waals surface area contributed by atoms with E-state index < -0.39 is 17.4 Å². The summed E-state index contributed by atoms with van der Waals surface area (Å²) < 4.78 is 34.7. The van der Waals surface area contributed by atoms with Crippen molar-refractivity contribution in [1.82, 2.24) is 20.1 Å². The van der Waals surface area contributed by atoms with Crippen LogP contribution in [0.5, 0.6) is 5.75 Å². The number of ether oxygens (including phenoxy) is 1. The number of hydrogen-bond acceptors (Lipinski definition) is 4. The van der Waals surface area contributed by atoms with Crippen molar-refractivity contribution in [2.45, 2.75) is 33.0 Å². The molecular formula is C14H18F2N4O. The summed E-state index contributed by atoms with van der Waals surface area (Å²) in [5.41, 5.74) is 0.519. The normalized spacial score (nSPS) is 11.1. The van der Waals surface area contributed by atoms with Gasteiger partial charge in [0.1, 0.15) is 12.9 Å². The maximum absolute atomic E-state index is 13.9. The molecule has 2 rings (SSSR count). The molecule has 0 unspecified atom stereocenters. The van der Waals surface area contributed by atoms with Crippen molar-refractivity contribution in [3.63, 3.8) is 0 Å². The lowest BCUT2D eigenvalue weighted by Gasteiger charge is -2.12. The highest BCUT2D eigenvalue weighted by molar-refractivity contribution is 5.31. The van der Waals surface area contributed by atoms with Gasteiger partial charge in [-0.2, -0.15) is 5.10 Å². The van der Waals surface area contributed by atoms with Crippen LogP contribution in [0.15, 0.2) is 18.5 Å². The standard InChI is InChI=1S/C14H18F2N4O/c1-9(2)20-13(18-8-19-20)7-21-14-11(15)4-10(6-17-3)5-12(14)16/h4-5,8-9,17H,6-7H2,1-3H3. The average Bonchev–Trinajstić information content (AvgIpc) is 2.86. The van der Waals surface area contributed by atoms with Crippen molar-refractivity contribution in [2.75, 3.05) is 7.05 Å². The maximum Gasteiger partial charge on any atom is 0.191 e. The fourth-order valence-electron chi connectivity index (χ4n) is 2.00. The van der Waals surface area contributed by atoms with Crippen molar-refractivity contribution in [3.05, 3.63) is 41.5 Å². The van der Waals surface area contributed by atoms with E-state index in [0.717, 1.165) is 0 Å². The zero-order chi connectivity index (χ0) is 15.4. The summed E-state index contributed by atoms with van der Waals surface area (Å²) in [6.07, 6.45) is 1.39. The minimum atomic E-state index is -0.726. The quantitative estimate of drug-likeness (QED) is 0.889. The van der Waals surface area contributed by atoms with Gasteiger partial charge in [-0.15, -0.1) is 0 Å². The Labute approximate surface area is 121 Å². The maximum atomic E-state index is 13.9. The molecule has 0 aliphatic heterocycles. The molecular weight excluding hydrogens is 278 g/mol. The van der Waals surface area contributed by atoms with Gasteiger partial charge >= 0.3 is 0 Å². The second kappa shape index (κ2) is 6.62. The predicted octanol–water partition coefficient (Wildman–Crippen LogP) is 2.44. The lowest BCUT2D eigenvalue weighted by molar-refractivity contribution is 0.255. The van der Waals surface area contributed by atoms with Gasteiger partial charge in [-0.05, 0) is 38.6 Å². The molecule has 1 aromatic heterocycles. The zero-order valence-corrected chi connectivity index (χ0v) is 12.2. The molecule has 0 radical (unpaired) electrons. The minimum Gasteiger partial charge on any atom is -0.479 e. The highest BCUT2D eigenvalue weighted by Gasteiger charge is 2.15. The van der Waals surface area contributed by atoms with Crippen LogP contribution in [-0.4, -0.2) is 21.8 Å². The first-order chi connectivity index (χ1) is 10.0. The van der Waals surface area contributed by atoms with E-state index >= 15 is 0 Å². The summed E-state index contributed by atoms with van der Waals surface area (Å²) in [6, 6.07) is 2.60. The van der Waals surface area contributed by atoms with Crippen LogP contribution < -0.4 is 10.1 Å². The minimum absolute atomic E-state index is 0.0443. The Morgan fingerprint density at radius 2 is 1.95 bits per heavy atom. The molecule has 1 aromatic carbocycles. The molecule has 0 aliphatic carbocycles. The van der Waals surface area contributed by atoms with Gasteiger partial charge in [-0.1, -0.05) is 0 Å². The summed E-state index contributed by atoms with van der Waals surface area (Å²) in [4.78, 5) is 4.03. The summed E-state index contributed by atoms with van der Waals surface area (Å²) >= 11 is 0. The van der Waals surface area contributed by atoms with E-state index in [1.165, 1.54) is 18.5 Å². The number of benzene rings is 1. The molecule has 0 atom stereocenters. The number of nitrogens with one attached hydrogen (secondary N) is 1. The molecule has 0 fully saturated rings. The van der Waals surface area contributed by atoms with E-state index in [-0.39, 0.29) is 12.6 Å². The largest absolute Gasteiger partial charge is 0.479 e. The second-order valence-electron chi connectivity index (χ2n) is 4.92. The van der Waals surface area contributed by atoms with E-state index in [0.29, 0.717) is 17.9 Å². The number of nitrogens with zero attached hydrogens (tertiary/aromatic N) is 3. The van der Waals surface area contributed by atoms with Crippen LogP contribution in [0.1, 0.15) is 31.3 Å². The molecule has 114 valence electrons. The van der Waals surface area contributed by atoms with Gasteiger partial charge in [0.15, 0.2) is 23.2 Å². The summed E-state index contributed by atoms with van der Waals surface area (Å²) in [6.45, 7) is 4.21. The Morgan fingerprint density at radius 3 is 2.52 bits per heavy atom. The molecule has 0 saturated heterocycles. The number of hydrogen-bond donors (Lipinski definition) is 1. The third kappa shape index (κ3) is 3.55. The monoisotopic (exact) mass is 296 g/mol. The first-order valence-electron chi connectivity index (χ1n) is 6.66. The predicted molar refractivity (Wildman–Crippen MR) is 73.9 cm³/mol. The smallest absolute Gasteiger partial charge is 0.191 e. The van der Waals surface area contributed by atoms with Crippen LogP contribution in [-0.2, 0) is 13.2 Å². The van der Waals surface area contributed by atoms with Crippen LogP contribution in [0.2, 0.25) is 0 Å². The SMILES string of the molecule is CNCc1cc(F)c(OCc2ncnn2C(C)C)c(F)c1. The van der Waals surface area contributed by atoms with Gasteiger partial charge in [0.05, 0.1) is 0 Å². The first-order valence-corrected chi connectivity index (χ1v) is 6.66. The first kappa shape index (κ1) is 15.4. The molecule has 5 nitrogen and oxygen atoms in total. The molecule has 2 aromatic rings. The number of rotatable bonds is 6. The van der Waals surface area contributed by atoms with Crippen molar-refractivity contribution < 1.29 is 13.5 Å². The Kier molecular flexibility index (Phi) is 4.85. The topological polar surface area (TPSA) is 52.0 Å².